The summed E-state index contributed by atoms with van der Waals surface area (Å²) >= 11 is 1.41. The number of nitrogens with zero attached hydrogens (tertiary/aromatic N) is 2. The molecule has 0 saturated heterocycles. The van der Waals surface area contributed by atoms with Crippen LogP contribution in [-0.2, 0) is 4.79 Å². The van der Waals surface area contributed by atoms with Gasteiger partial charge in [-0.2, -0.15) is 0 Å². The molecule has 21 heavy (non-hydrogen) atoms. The Bertz CT molecular complexity index is 708. The first kappa shape index (κ1) is 13.8. The second kappa shape index (κ2) is 5.31. The van der Waals surface area contributed by atoms with Crippen LogP contribution in [0.15, 0.2) is 35.0 Å². The van der Waals surface area contributed by atoms with E-state index in [1.807, 2.05) is 42.6 Å². The van der Waals surface area contributed by atoms with Gasteiger partial charge in [-0.05, 0) is 26.2 Å². The number of anilines is 3. The number of carbonyl (C=O) groups excluding carboxylic acids is 2. The Hall–Kier alpha value is -2.18. The van der Waals surface area contributed by atoms with Gasteiger partial charge >= 0.3 is 0 Å². The molecule has 2 amide bonds. The van der Waals surface area contributed by atoms with E-state index in [-0.39, 0.29) is 18.4 Å². The maximum Gasteiger partial charge on any atom is 0.258 e. The fourth-order valence-corrected chi connectivity index (χ4v) is 3.13. The van der Waals surface area contributed by atoms with Gasteiger partial charge in [-0.15, -0.1) is 11.3 Å². The number of hydrogen-bond donors (Lipinski definition) is 1. The third-order valence-corrected chi connectivity index (χ3v) is 3.95. The van der Waals surface area contributed by atoms with E-state index < -0.39 is 0 Å². The van der Waals surface area contributed by atoms with Crippen molar-refractivity contribution in [3.8, 4) is 0 Å². The molecule has 0 saturated carbocycles. The molecule has 0 atom stereocenters. The highest BCUT2D eigenvalue weighted by atomic mass is 32.1. The number of nitrogens with one attached hydrogen (secondary N) is 1. The zero-order valence-corrected chi connectivity index (χ0v) is 12.6. The highest BCUT2D eigenvalue weighted by Gasteiger charge is 2.29. The quantitative estimate of drug-likeness (QED) is 0.927. The molecule has 0 aliphatic carbocycles. The van der Waals surface area contributed by atoms with Crippen molar-refractivity contribution in [2.45, 2.75) is 0 Å². The molecule has 6 heteroatoms. The molecular weight excluding hydrogens is 286 g/mol. The highest BCUT2D eigenvalue weighted by molar-refractivity contribution is 7.08. The third-order valence-electron chi connectivity index (χ3n) is 3.22. The van der Waals surface area contributed by atoms with E-state index in [1.165, 1.54) is 11.3 Å². The molecule has 1 aromatic carbocycles. The van der Waals surface area contributed by atoms with E-state index in [9.17, 15) is 9.59 Å². The van der Waals surface area contributed by atoms with Gasteiger partial charge in [0.2, 0.25) is 5.91 Å². The molecule has 0 spiro atoms. The van der Waals surface area contributed by atoms with Gasteiger partial charge in [-0.3, -0.25) is 14.5 Å². The number of fused-ring (bicyclic) bond motifs is 2. The monoisotopic (exact) mass is 301 g/mol. The topological polar surface area (TPSA) is 52.7 Å². The lowest BCUT2D eigenvalue weighted by molar-refractivity contribution is -0.118. The zero-order valence-electron chi connectivity index (χ0n) is 11.8. The molecule has 1 aliphatic rings. The first-order valence-corrected chi connectivity index (χ1v) is 7.46. The fourth-order valence-electron chi connectivity index (χ4n) is 2.34. The second-order valence-corrected chi connectivity index (χ2v) is 5.85. The summed E-state index contributed by atoms with van der Waals surface area (Å²) in [5, 5.41) is 6.47. The van der Waals surface area contributed by atoms with E-state index in [0.29, 0.717) is 22.6 Å². The molecule has 2 aromatic rings. The molecule has 1 N–H and O–H groups in total. The Kier molecular flexibility index (Phi) is 3.48. The second-order valence-electron chi connectivity index (χ2n) is 5.11. The molecule has 108 valence electrons. The molecule has 0 unspecified atom stereocenters. The molecule has 5 nitrogen and oxygen atoms in total. The Balaban J connectivity index is 2.16. The maximum absolute atomic E-state index is 12.6. The summed E-state index contributed by atoms with van der Waals surface area (Å²) in [6.07, 6.45) is 0. The van der Waals surface area contributed by atoms with Gasteiger partial charge in [0, 0.05) is 10.8 Å². The van der Waals surface area contributed by atoms with Crippen molar-refractivity contribution < 1.29 is 9.59 Å². The van der Waals surface area contributed by atoms with Crippen LogP contribution in [0.5, 0.6) is 0 Å². The Labute approximate surface area is 126 Å². The van der Waals surface area contributed by atoms with Crippen LogP contribution < -0.4 is 10.2 Å². The SMILES string of the molecule is CN(C)CC(=O)N1c2ccccc2NC(=O)c2cscc21. The summed E-state index contributed by atoms with van der Waals surface area (Å²) in [6.45, 7) is 0.276. The van der Waals surface area contributed by atoms with Crippen molar-refractivity contribution in [3.05, 3.63) is 40.6 Å². The van der Waals surface area contributed by atoms with Gasteiger partial charge in [0.1, 0.15) is 0 Å². The lowest BCUT2D eigenvalue weighted by atomic mass is 10.2. The lowest BCUT2D eigenvalue weighted by Gasteiger charge is -2.24. The predicted octanol–water partition coefficient (Wildman–Crippen LogP) is 2.54. The summed E-state index contributed by atoms with van der Waals surface area (Å²) in [5.74, 6) is -0.248. The number of rotatable bonds is 2. The molecule has 1 aromatic heterocycles. The van der Waals surface area contributed by atoms with E-state index >= 15 is 0 Å². The number of amides is 2. The number of thiophene rings is 1. The van der Waals surface area contributed by atoms with Crippen molar-refractivity contribution in [1.29, 1.82) is 0 Å². The van der Waals surface area contributed by atoms with E-state index in [1.54, 1.807) is 16.3 Å². The van der Waals surface area contributed by atoms with Crippen LogP contribution in [0.4, 0.5) is 17.1 Å². The molecule has 1 aliphatic heterocycles. The molecule has 0 bridgehead atoms. The summed E-state index contributed by atoms with van der Waals surface area (Å²) in [4.78, 5) is 28.3. The molecule has 3 rings (SSSR count). The van der Waals surface area contributed by atoms with Crippen molar-refractivity contribution in [2.24, 2.45) is 0 Å². The minimum absolute atomic E-state index is 0.0661. The zero-order chi connectivity index (χ0) is 15.0. The number of hydrogen-bond acceptors (Lipinski definition) is 4. The number of benzene rings is 1. The number of para-hydroxylation sites is 2. The van der Waals surface area contributed by atoms with Crippen molar-refractivity contribution in [1.82, 2.24) is 4.90 Å². The van der Waals surface area contributed by atoms with Gasteiger partial charge < -0.3 is 10.2 Å². The Morgan fingerprint density at radius 2 is 2.00 bits per heavy atom. The van der Waals surface area contributed by atoms with Crippen LogP contribution in [-0.4, -0.2) is 37.4 Å². The minimum atomic E-state index is -0.182. The first-order valence-electron chi connectivity index (χ1n) is 6.52. The van der Waals surface area contributed by atoms with E-state index in [4.69, 9.17) is 0 Å². The fraction of sp³-hybridized carbons (Fsp3) is 0.200. The van der Waals surface area contributed by atoms with Gasteiger partial charge in [0.15, 0.2) is 0 Å². The van der Waals surface area contributed by atoms with Crippen LogP contribution in [0, 0.1) is 0 Å². The van der Waals surface area contributed by atoms with E-state index in [2.05, 4.69) is 5.32 Å². The predicted molar refractivity (Wildman–Crippen MR) is 84.4 cm³/mol. The lowest BCUT2D eigenvalue weighted by Crippen LogP contribution is -2.34. The van der Waals surface area contributed by atoms with Crippen LogP contribution in [0.2, 0.25) is 0 Å². The molecular formula is C15H15N3O2S. The summed E-state index contributed by atoms with van der Waals surface area (Å²) in [6, 6.07) is 7.35. The van der Waals surface area contributed by atoms with Gasteiger partial charge in [0.05, 0.1) is 29.2 Å². The first-order chi connectivity index (χ1) is 10.1. The van der Waals surface area contributed by atoms with Crippen molar-refractivity contribution in [3.63, 3.8) is 0 Å². The van der Waals surface area contributed by atoms with Gasteiger partial charge in [-0.1, -0.05) is 12.1 Å². The van der Waals surface area contributed by atoms with E-state index in [0.717, 1.165) is 0 Å². The Morgan fingerprint density at radius 1 is 1.24 bits per heavy atom. The molecule has 0 radical (unpaired) electrons. The van der Waals surface area contributed by atoms with Crippen LogP contribution in [0.1, 0.15) is 10.4 Å². The Morgan fingerprint density at radius 3 is 2.76 bits per heavy atom. The van der Waals surface area contributed by atoms with Gasteiger partial charge in [0.25, 0.3) is 5.91 Å². The number of carbonyl (C=O) groups is 2. The largest absolute Gasteiger partial charge is 0.320 e. The minimum Gasteiger partial charge on any atom is -0.320 e. The standard InChI is InChI=1S/C15H15N3O2S/c1-17(2)7-14(19)18-12-6-4-3-5-11(12)16-15(20)10-8-21-9-13(10)18/h3-6,8-9H,7H2,1-2H3,(H,16,20). The van der Waals surface area contributed by atoms with Gasteiger partial charge in [-0.25, -0.2) is 0 Å². The van der Waals surface area contributed by atoms with Crippen LogP contribution in [0.3, 0.4) is 0 Å². The van der Waals surface area contributed by atoms with Crippen LogP contribution in [0.25, 0.3) is 0 Å². The summed E-state index contributed by atoms with van der Waals surface area (Å²) in [7, 11) is 3.69. The summed E-state index contributed by atoms with van der Waals surface area (Å²) < 4.78 is 0. The average molecular weight is 301 g/mol. The average Bonchev–Trinajstić information content (AvgIpc) is 2.85. The highest BCUT2D eigenvalue weighted by Crippen LogP contribution is 2.39. The number of likely N-dealkylation sites (N-methyl/N-ethyl adjacent to an activating group) is 1. The molecule has 0 fully saturated rings. The third kappa shape index (κ3) is 2.43. The normalized spacial score (nSPS) is 13.5. The smallest absolute Gasteiger partial charge is 0.258 e. The maximum atomic E-state index is 12.6. The van der Waals surface area contributed by atoms with Crippen molar-refractivity contribution in [2.75, 3.05) is 30.9 Å². The summed E-state index contributed by atoms with van der Waals surface area (Å²) in [5.41, 5.74) is 2.53. The van der Waals surface area contributed by atoms with Crippen LogP contribution >= 0.6 is 11.3 Å². The molecule has 2 heterocycles. The van der Waals surface area contributed by atoms with Crippen molar-refractivity contribution >= 4 is 40.2 Å².